The fraction of sp³-hybridized carbons (Fsp3) is 0.238. The molecule has 0 aliphatic heterocycles. The average Bonchev–Trinajstić information content (AvgIpc) is 2.71. The van der Waals surface area contributed by atoms with Crippen molar-refractivity contribution < 1.29 is 23.8 Å². The van der Waals surface area contributed by atoms with Gasteiger partial charge >= 0.3 is 5.97 Å². The monoisotopic (exact) mass is 403 g/mol. The largest absolute Gasteiger partial charge is 0.493 e. The van der Waals surface area contributed by atoms with E-state index in [9.17, 15) is 9.59 Å². The summed E-state index contributed by atoms with van der Waals surface area (Å²) in [7, 11) is 4.69. The highest BCUT2D eigenvalue weighted by Gasteiger charge is 2.12. The van der Waals surface area contributed by atoms with Crippen molar-refractivity contribution in [1.29, 1.82) is 0 Å². The summed E-state index contributed by atoms with van der Waals surface area (Å²) in [4.78, 5) is 25.5. The maximum atomic E-state index is 12.1. The minimum Gasteiger partial charge on any atom is -0.493 e. The second kappa shape index (κ2) is 10.4. The molecule has 28 heavy (non-hydrogen) atoms. The second-order valence-electron chi connectivity index (χ2n) is 5.90. The van der Waals surface area contributed by atoms with E-state index in [1.165, 1.54) is 25.2 Å². The van der Waals surface area contributed by atoms with Crippen LogP contribution < -0.4 is 9.47 Å². The Morgan fingerprint density at radius 2 is 1.79 bits per heavy atom. The van der Waals surface area contributed by atoms with Crippen molar-refractivity contribution in [2.24, 2.45) is 0 Å². The SMILES string of the molecule is COc1cccc(/C=C/C(=O)OCC(=O)N(C)Cc2ccc(Cl)cc2)c1OC. The van der Waals surface area contributed by atoms with Crippen LogP contribution in [0.25, 0.3) is 6.08 Å². The van der Waals surface area contributed by atoms with Gasteiger partial charge in [-0.25, -0.2) is 4.79 Å². The van der Waals surface area contributed by atoms with Crippen LogP contribution in [-0.2, 0) is 20.9 Å². The average molecular weight is 404 g/mol. The Morgan fingerprint density at radius 1 is 1.07 bits per heavy atom. The lowest BCUT2D eigenvalue weighted by atomic mass is 10.1. The number of esters is 1. The van der Waals surface area contributed by atoms with Crippen molar-refractivity contribution in [3.05, 3.63) is 64.7 Å². The van der Waals surface area contributed by atoms with Gasteiger partial charge in [-0.1, -0.05) is 35.9 Å². The van der Waals surface area contributed by atoms with E-state index < -0.39 is 5.97 Å². The van der Waals surface area contributed by atoms with Gasteiger partial charge in [-0.05, 0) is 29.8 Å². The molecule has 0 heterocycles. The predicted molar refractivity (Wildman–Crippen MR) is 107 cm³/mol. The first-order chi connectivity index (χ1) is 13.4. The molecule has 0 aliphatic rings. The zero-order chi connectivity index (χ0) is 20.5. The Bertz CT molecular complexity index is 848. The second-order valence-corrected chi connectivity index (χ2v) is 6.34. The van der Waals surface area contributed by atoms with E-state index in [2.05, 4.69) is 0 Å². The molecule has 0 aliphatic carbocycles. The van der Waals surface area contributed by atoms with Crippen LogP contribution in [0.2, 0.25) is 5.02 Å². The molecule has 0 saturated heterocycles. The van der Waals surface area contributed by atoms with Crippen molar-refractivity contribution >= 4 is 29.6 Å². The van der Waals surface area contributed by atoms with Crippen LogP contribution in [0.4, 0.5) is 0 Å². The first kappa shape index (κ1) is 21.3. The Kier molecular flexibility index (Phi) is 7.89. The van der Waals surface area contributed by atoms with Crippen LogP contribution in [0, 0.1) is 0 Å². The first-order valence-electron chi connectivity index (χ1n) is 8.48. The number of ether oxygens (including phenoxy) is 3. The summed E-state index contributed by atoms with van der Waals surface area (Å²) in [5.74, 6) is 0.124. The van der Waals surface area contributed by atoms with Crippen molar-refractivity contribution in [3.63, 3.8) is 0 Å². The van der Waals surface area contributed by atoms with Crippen LogP contribution in [0.1, 0.15) is 11.1 Å². The van der Waals surface area contributed by atoms with E-state index in [-0.39, 0.29) is 12.5 Å². The molecule has 7 heteroatoms. The minimum atomic E-state index is -0.627. The number of benzene rings is 2. The smallest absolute Gasteiger partial charge is 0.331 e. The number of carbonyl (C=O) groups excluding carboxylic acids is 2. The molecule has 0 unspecified atom stereocenters. The molecule has 0 saturated carbocycles. The highest BCUT2D eigenvalue weighted by Crippen LogP contribution is 2.31. The molecular weight excluding hydrogens is 382 g/mol. The van der Waals surface area contributed by atoms with Crippen LogP contribution in [0.3, 0.4) is 0 Å². The topological polar surface area (TPSA) is 65.1 Å². The Hall–Kier alpha value is -2.99. The summed E-state index contributed by atoms with van der Waals surface area (Å²) in [6.45, 7) is 0.0485. The number of rotatable bonds is 8. The quantitative estimate of drug-likeness (QED) is 0.498. The molecule has 1 amide bonds. The van der Waals surface area contributed by atoms with Crippen molar-refractivity contribution in [2.75, 3.05) is 27.9 Å². The number of hydrogen-bond donors (Lipinski definition) is 0. The number of para-hydroxylation sites is 1. The van der Waals surface area contributed by atoms with Crippen molar-refractivity contribution in [2.45, 2.75) is 6.54 Å². The number of halogens is 1. The van der Waals surface area contributed by atoms with Crippen molar-refractivity contribution in [1.82, 2.24) is 4.90 Å². The van der Waals surface area contributed by atoms with Gasteiger partial charge < -0.3 is 19.1 Å². The summed E-state index contributed by atoms with van der Waals surface area (Å²) >= 11 is 5.85. The number of amides is 1. The number of hydrogen-bond acceptors (Lipinski definition) is 5. The first-order valence-corrected chi connectivity index (χ1v) is 8.86. The standard InChI is InChI=1S/C21H22ClNO5/c1-23(13-15-7-10-17(22)11-8-15)19(24)14-28-20(25)12-9-16-5-4-6-18(26-2)21(16)27-3/h4-12H,13-14H2,1-3H3/b12-9+. The molecule has 0 N–H and O–H groups in total. The van der Waals surface area contributed by atoms with Crippen molar-refractivity contribution in [3.8, 4) is 11.5 Å². The molecule has 0 atom stereocenters. The van der Waals surface area contributed by atoms with Gasteiger partial charge in [-0.15, -0.1) is 0 Å². The molecule has 6 nitrogen and oxygen atoms in total. The van der Waals surface area contributed by atoms with E-state index in [1.54, 1.807) is 43.5 Å². The van der Waals surface area contributed by atoms with Gasteiger partial charge in [0.05, 0.1) is 14.2 Å². The van der Waals surface area contributed by atoms with E-state index >= 15 is 0 Å². The highest BCUT2D eigenvalue weighted by molar-refractivity contribution is 6.30. The zero-order valence-corrected chi connectivity index (χ0v) is 16.7. The number of methoxy groups -OCH3 is 2. The summed E-state index contributed by atoms with van der Waals surface area (Å²) in [5.41, 5.74) is 1.58. The predicted octanol–water partition coefficient (Wildman–Crippen LogP) is 3.57. The Labute approximate surface area is 169 Å². The van der Waals surface area contributed by atoms with E-state index in [0.717, 1.165) is 5.56 Å². The maximum absolute atomic E-state index is 12.1. The lowest BCUT2D eigenvalue weighted by Gasteiger charge is -2.17. The zero-order valence-electron chi connectivity index (χ0n) is 16.0. The molecular formula is C21H22ClNO5. The number of carbonyl (C=O) groups is 2. The number of nitrogens with zero attached hydrogens (tertiary/aromatic N) is 1. The summed E-state index contributed by atoms with van der Waals surface area (Å²) in [5, 5.41) is 0.631. The van der Waals surface area contributed by atoms with Crippen LogP contribution >= 0.6 is 11.6 Å². The number of likely N-dealkylation sites (N-methyl/N-ethyl adjacent to an activating group) is 1. The normalized spacial score (nSPS) is 10.6. The molecule has 2 rings (SSSR count). The molecule has 148 valence electrons. The van der Waals surface area contributed by atoms with E-state index in [1.807, 2.05) is 12.1 Å². The molecule has 2 aromatic rings. The lowest BCUT2D eigenvalue weighted by Crippen LogP contribution is -2.30. The minimum absolute atomic E-state index is 0.310. The fourth-order valence-corrected chi connectivity index (χ4v) is 2.57. The van der Waals surface area contributed by atoms with E-state index in [4.69, 9.17) is 25.8 Å². The highest BCUT2D eigenvalue weighted by atomic mass is 35.5. The third-order valence-corrected chi connectivity index (χ3v) is 4.18. The summed E-state index contributed by atoms with van der Waals surface area (Å²) in [6.07, 6.45) is 2.79. The third-order valence-electron chi connectivity index (χ3n) is 3.93. The molecule has 0 bridgehead atoms. The Morgan fingerprint density at radius 3 is 2.43 bits per heavy atom. The van der Waals surface area contributed by atoms with Gasteiger partial charge in [0.25, 0.3) is 5.91 Å². The van der Waals surface area contributed by atoms with Gasteiger partial charge in [0, 0.05) is 30.3 Å². The van der Waals surface area contributed by atoms with Crippen LogP contribution in [0.15, 0.2) is 48.5 Å². The molecule has 0 spiro atoms. The van der Waals surface area contributed by atoms with Gasteiger partial charge in [0.2, 0.25) is 0 Å². The van der Waals surface area contributed by atoms with Crippen LogP contribution in [-0.4, -0.2) is 44.7 Å². The fourth-order valence-electron chi connectivity index (χ4n) is 2.44. The Balaban J connectivity index is 1.88. The third kappa shape index (κ3) is 6.03. The van der Waals surface area contributed by atoms with Gasteiger partial charge in [-0.3, -0.25) is 4.79 Å². The summed E-state index contributed by atoms with van der Waals surface area (Å²) in [6, 6.07) is 12.5. The summed E-state index contributed by atoms with van der Waals surface area (Å²) < 4.78 is 15.5. The van der Waals surface area contributed by atoms with E-state index in [0.29, 0.717) is 28.6 Å². The van der Waals surface area contributed by atoms with Gasteiger partial charge in [-0.2, -0.15) is 0 Å². The molecule has 0 radical (unpaired) electrons. The molecule has 2 aromatic carbocycles. The molecule has 0 aromatic heterocycles. The van der Waals surface area contributed by atoms with Gasteiger partial charge in [0.15, 0.2) is 18.1 Å². The van der Waals surface area contributed by atoms with Gasteiger partial charge in [0.1, 0.15) is 0 Å². The maximum Gasteiger partial charge on any atom is 0.331 e. The van der Waals surface area contributed by atoms with Crippen LogP contribution in [0.5, 0.6) is 11.5 Å². The molecule has 0 fully saturated rings. The lowest BCUT2D eigenvalue weighted by molar-refractivity contribution is -0.147.